The molecule has 0 amide bonds. The summed E-state index contributed by atoms with van der Waals surface area (Å²) in [5.41, 5.74) is -0.273. The Kier molecular flexibility index (Phi) is 11.8. The molecule has 0 radical (unpaired) electrons. The second kappa shape index (κ2) is 11.1. The highest BCUT2D eigenvalue weighted by Gasteiger charge is 2.30. The fraction of sp³-hybridized carbons (Fsp3) is 0.643. The van der Waals surface area contributed by atoms with Crippen LogP contribution in [0.5, 0.6) is 0 Å². The van der Waals surface area contributed by atoms with Crippen LogP contribution in [0.1, 0.15) is 58.2 Å². The highest BCUT2D eigenvalue weighted by atomic mass is 19.4. The van der Waals surface area contributed by atoms with Gasteiger partial charge in [0.25, 0.3) is 0 Å². The first-order chi connectivity index (χ1) is 8.41. The Morgan fingerprint density at radius 2 is 1.61 bits per heavy atom. The minimum Gasteiger partial charge on any atom is -0.262 e. The van der Waals surface area contributed by atoms with Crippen molar-refractivity contribution in [1.82, 2.24) is 4.98 Å². The number of alkyl halides is 3. The summed E-state index contributed by atoms with van der Waals surface area (Å²) in [7, 11) is 0. The molecule has 1 nitrogen and oxygen atoms in total. The Labute approximate surface area is 108 Å². The molecule has 0 spiro atoms. The molecular weight excluding hydrogens is 239 g/mol. The van der Waals surface area contributed by atoms with Gasteiger partial charge in [-0.1, -0.05) is 47.0 Å². The topological polar surface area (TPSA) is 12.9 Å². The van der Waals surface area contributed by atoms with E-state index in [-0.39, 0.29) is 0 Å². The van der Waals surface area contributed by atoms with E-state index in [1.807, 2.05) is 13.8 Å². The monoisotopic (exact) mass is 263 g/mol. The fourth-order valence-corrected chi connectivity index (χ4v) is 1.08. The SMILES string of the molecule is CC.CCCCC.Cc1cc(C(F)(F)F)ccn1. The van der Waals surface area contributed by atoms with Gasteiger partial charge < -0.3 is 0 Å². The number of aromatic nitrogens is 1. The van der Waals surface area contributed by atoms with Crippen molar-refractivity contribution in [2.45, 2.75) is 60.1 Å². The van der Waals surface area contributed by atoms with E-state index < -0.39 is 11.7 Å². The van der Waals surface area contributed by atoms with Crippen LogP contribution in [0.3, 0.4) is 0 Å². The minimum absolute atomic E-state index is 0.375. The molecule has 4 heteroatoms. The van der Waals surface area contributed by atoms with Crippen molar-refractivity contribution in [3.63, 3.8) is 0 Å². The summed E-state index contributed by atoms with van der Waals surface area (Å²) in [5, 5.41) is 0. The molecule has 106 valence electrons. The largest absolute Gasteiger partial charge is 0.416 e. The number of rotatable bonds is 2. The van der Waals surface area contributed by atoms with Crippen molar-refractivity contribution in [2.75, 3.05) is 0 Å². The van der Waals surface area contributed by atoms with Gasteiger partial charge in [-0.2, -0.15) is 13.2 Å². The van der Waals surface area contributed by atoms with Gasteiger partial charge in [0.1, 0.15) is 0 Å². The van der Waals surface area contributed by atoms with Crippen LogP contribution in [-0.2, 0) is 6.18 Å². The number of unbranched alkanes of at least 4 members (excludes halogenated alkanes) is 2. The highest BCUT2D eigenvalue weighted by molar-refractivity contribution is 5.18. The maximum absolute atomic E-state index is 11.9. The summed E-state index contributed by atoms with van der Waals surface area (Å²) < 4.78 is 35.8. The molecule has 0 N–H and O–H groups in total. The van der Waals surface area contributed by atoms with Gasteiger partial charge in [0.05, 0.1) is 5.56 Å². The summed E-state index contributed by atoms with van der Waals surface area (Å²) in [6, 6.07) is 1.97. The van der Waals surface area contributed by atoms with Crippen LogP contribution in [0, 0.1) is 6.92 Å². The highest BCUT2D eigenvalue weighted by Crippen LogP contribution is 2.28. The molecule has 0 aromatic carbocycles. The van der Waals surface area contributed by atoms with E-state index >= 15 is 0 Å². The van der Waals surface area contributed by atoms with Crippen molar-refractivity contribution in [2.24, 2.45) is 0 Å². The van der Waals surface area contributed by atoms with Gasteiger partial charge in [-0.05, 0) is 19.1 Å². The van der Waals surface area contributed by atoms with Crippen molar-refractivity contribution in [1.29, 1.82) is 0 Å². The predicted octanol–water partition coefficient (Wildman–Crippen LogP) is 5.63. The lowest BCUT2D eigenvalue weighted by molar-refractivity contribution is -0.137. The number of halogens is 3. The van der Waals surface area contributed by atoms with Gasteiger partial charge in [0.15, 0.2) is 0 Å². The molecule has 1 aromatic heterocycles. The smallest absolute Gasteiger partial charge is 0.262 e. The zero-order chi connectivity index (χ0) is 14.6. The van der Waals surface area contributed by atoms with Gasteiger partial charge in [0, 0.05) is 11.9 Å². The average Bonchev–Trinajstić information content (AvgIpc) is 2.32. The summed E-state index contributed by atoms with van der Waals surface area (Å²) in [6.07, 6.45) is 0.971. The van der Waals surface area contributed by atoms with E-state index in [0.29, 0.717) is 5.69 Å². The quantitative estimate of drug-likeness (QED) is 0.673. The first kappa shape index (κ1) is 19.3. The summed E-state index contributed by atoms with van der Waals surface area (Å²) >= 11 is 0. The summed E-state index contributed by atoms with van der Waals surface area (Å²) in [5.74, 6) is 0. The molecule has 0 bridgehead atoms. The normalized spacial score (nSPS) is 9.78. The fourth-order valence-electron chi connectivity index (χ4n) is 1.08. The number of pyridine rings is 1. The molecule has 1 heterocycles. The maximum atomic E-state index is 11.9. The number of hydrogen-bond donors (Lipinski definition) is 0. The number of nitrogens with zero attached hydrogens (tertiary/aromatic N) is 1. The standard InChI is InChI=1S/C7H6F3N.C5H12.C2H6/c1-5-4-6(2-3-11-5)7(8,9)10;1-3-5-4-2;1-2/h2-4H,1H3;3-5H2,1-2H3;1-2H3. The van der Waals surface area contributed by atoms with Crippen LogP contribution in [0.4, 0.5) is 13.2 Å². The molecule has 0 unspecified atom stereocenters. The lowest BCUT2D eigenvalue weighted by Gasteiger charge is -2.05. The Morgan fingerprint density at radius 1 is 1.11 bits per heavy atom. The van der Waals surface area contributed by atoms with Crippen LogP contribution in [0.2, 0.25) is 0 Å². The first-order valence-electron chi connectivity index (χ1n) is 6.41. The van der Waals surface area contributed by atoms with Crippen LogP contribution in [-0.4, -0.2) is 4.98 Å². The third-order valence-electron chi connectivity index (χ3n) is 1.93. The van der Waals surface area contributed by atoms with Crippen molar-refractivity contribution < 1.29 is 13.2 Å². The number of hydrogen-bond acceptors (Lipinski definition) is 1. The molecule has 0 aliphatic heterocycles. The lowest BCUT2D eigenvalue weighted by Crippen LogP contribution is -2.05. The Morgan fingerprint density at radius 3 is 1.83 bits per heavy atom. The summed E-state index contributed by atoms with van der Waals surface area (Å²) in [6.45, 7) is 9.95. The Balaban J connectivity index is 0. The third kappa shape index (κ3) is 10.1. The molecule has 1 aromatic rings. The van der Waals surface area contributed by atoms with Crippen LogP contribution < -0.4 is 0 Å². The molecule has 0 fully saturated rings. The Hall–Kier alpha value is -1.06. The second-order valence-corrected chi connectivity index (χ2v) is 3.54. The van der Waals surface area contributed by atoms with E-state index in [9.17, 15) is 13.2 Å². The molecule has 0 aliphatic rings. The summed E-state index contributed by atoms with van der Waals surface area (Å²) in [4.78, 5) is 3.65. The molecule has 0 atom stereocenters. The van der Waals surface area contributed by atoms with E-state index in [2.05, 4.69) is 18.8 Å². The molecule has 0 saturated carbocycles. The van der Waals surface area contributed by atoms with E-state index in [0.717, 1.165) is 18.3 Å². The Bertz CT molecular complexity index is 293. The van der Waals surface area contributed by atoms with Gasteiger partial charge >= 0.3 is 6.18 Å². The van der Waals surface area contributed by atoms with E-state index in [1.165, 1.54) is 26.2 Å². The van der Waals surface area contributed by atoms with Crippen molar-refractivity contribution >= 4 is 0 Å². The van der Waals surface area contributed by atoms with Crippen LogP contribution in [0.25, 0.3) is 0 Å². The lowest BCUT2D eigenvalue weighted by atomic mass is 10.2. The zero-order valence-corrected chi connectivity index (χ0v) is 11.9. The molecule has 0 aliphatic carbocycles. The second-order valence-electron chi connectivity index (χ2n) is 3.54. The predicted molar refractivity (Wildman–Crippen MR) is 70.5 cm³/mol. The molecule has 18 heavy (non-hydrogen) atoms. The van der Waals surface area contributed by atoms with Gasteiger partial charge in [0.2, 0.25) is 0 Å². The number of aryl methyl sites for hydroxylation is 1. The van der Waals surface area contributed by atoms with E-state index in [4.69, 9.17) is 0 Å². The molecule has 0 saturated heterocycles. The van der Waals surface area contributed by atoms with E-state index in [1.54, 1.807) is 0 Å². The third-order valence-corrected chi connectivity index (χ3v) is 1.93. The van der Waals surface area contributed by atoms with Gasteiger partial charge in [-0.3, -0.25) is 4.98 Å². The minimum atomic E-state index is -4.26. The molecular formula is C14H24F3N. The van der Waals surface area contributed by atoms with Crippen molar-refractivity contribution in [3.05, 3.63) is 29.6 Å². The average molecular weight is 263 g/mol. The van der Waals surface area contributed by atoms with Gasteiger partial charge in [-0.25, -0.2) is 0 Å². The molecule has 1 rings (SSSR count). The van der Waals surface area contributed by atoms with Crippen molar-refractivity contribution in [3.8, 4) is 0 Å². The zero-order valence-electron chi connectivity index (χ0n) is 11.9. The van der Waals surface area contributed by atoms with Crippen LogP contribution >= 0.6 is 0 Å². The first-order valence-corrected chi connectivity index (χ1v) is 6.41. The van der Waals surface area contributed by atoms with Crippen LogP contribution in [0.15, 0.2) is 18.3 Å². The maximum Gasteiger partial charge on any atom is 0.416 e. The van der Waals surface area contributed by atoms with Gasteiger partial charge in [-0.15, -0.1) is 0 Å².